The van der Waals surface area contributed by atoms with Crippen molar-refractivity contribution in [3.8, 4) is 0 Å². The van der Waals surface area contributed by atoms with Gasteiger partial charge in [-0.25, -0.2) is 4.68 Å². The Morgan fingerprint density at radius 2 is 1.72 bits per heavy atom. The van der Waals surface area contributed by atoms with Crippen LogP contribution < -0.4 is 5.32 Å². The lowest BCUT2D eigenvalue weighted by atomic mass is 9.79. The van der Waals surface area contributed by atoms with Crippen molar-refractivity contribution >= 4 is 5.91 Å². The highest BCUT2D eigenvalue weighted by Gasteiger charge is 2.35. The van der Waals surface area contributed by atoms with Crippen molar-refractivity contribution in [2.45, 2.75) is 69.9 Å². The van der Waals surface area contributed by atoms with Gasteiger partial charge >= 0.3 is 0 Å². The van der Waals surface area contributed by atoms with Crippen LogP contribution >= 0.6 is 0 Å². The number of rotatable bonds is 7. The first-order chi connectivity index (χ1) is 14.3. The average Bonchev–Trinajstić information content (AvgIpc) is 3.32. The van der Waals surface area contributed by atoms with Crippen LogP contribution in [0.1, 0.15) is 62.8 Å². The molecule has 1 aliphatic heterocycles. The number of carbonyl (C=O) groups is 1. The molecule has 1 aliphatic carbocycles. The summed E-state index contributed by atoms with van der Waals surface area (Å²) in [7, 11) is 0. The van der Waals surface area contributed by atoms with Crippen molar-refractivity contribution in [1.29, 1.82) is 0 Å². The molecule has 0 atom stereocenters. The number of hydrogen-bond donors (Lipinski definition) is 1. The molecule has 1 saturated carbocycles. The Bertz CT molecular complexity index is 776. The van der Waals surface area contributed by atoms with E-state index in [4.69, 9.17) is 0 Å². The molecule has 2 heterocycles. The van der Waals surface area contributed by atoms with Crippen LogP contribution in [0.4, 0.5) is 0 Å². The first-order valence-corrected chi connectivity index (χ1v) is 11.0. The molecule has 4 rings (SSSR count). The van der Waals surface area contributed by atoms with Crippen LogP contribution in [0.25, 0.3) is 0 Å². The summed E-state index contributed by atoms with van der Waals surface area (Å²) in [4.78, 5) is 15.1. The van der Waals surface area contributed by atoms with Gasteiger partial charge in [-0.05, 0) is 54.8 Å². The summed E-state index contributed by atoms with van der Waals surface area (Å²) in [6, 6.07) is 10.6. The van der Waals surface area contributed by atoms with Crippen molar-refractivity contribution in [1.82, 2.24) is 30.4 Å². The van der Waals surface area contributed by atoms with Crippen molar-refractivity contribution in [3.05, 3.63) is 41.7 Å². The molecule has 156 valence electrons. The number of aromatic nitrogens is 4. The number of hydrogen-bond acceptors (Lipinski definition) is 5. The second-order valence-corrected chi connectivity index (χ2v) is 8.57. The molecule has 1 amide bonds. The third-order valence-corrected chi connectivity index (χ3v) is 6.53. The van der Waals surface area contributed by atoms with Gasteiger partial charge in [-0.3, -0.25) is 9.69 Å². The topological polar surface area (TPSA) is 75.9 Å². The van der Waals surface area contributed by atoms with Crippen molar-refractivity contribution in [2.75, 3.05) is 19.6 Å². The van der Waals surface area contributed by atoms with E-state index in [0.717, 1.165) is 31.8 Å². The number of nitrogens with zero attached hydrogens (tertiary/aromatic N) is 5. The predicted octanol–water partition coefficient (Wildman–Crippen LogP) is 2.68. The molecule has 2 aliphatic rings. The number of amides is 1. The van der Waals surface area contributed by atoms with E-state index >= 15 is 0 Å². The lowest BCUT2D eigenvalue weighted by molar-refractivity contribution is -0.122. The molecule has 1 N–H and O–H groups in total. The molecule has 7 heteroatoms. The van der Waals surface area contributed by atoms with Gasteiger partial charge in [0.15, 0.2) is 5.82 Å². The molecule has 1 aromatic carbocycles. The Labute approximate surface area is 172 Å². The van der Waals surface area contributed by atoms with Crippen LogP contribution in [0.3, 0.4) is 0 Å². The molecule has 0 unspecified atom stereocenters. The van der Waals surface area contributed by atoms with Crippen LogP contribution in [0.2, 0.25) is 0 Å². The monoisotopic (exact) mass is 396 g/mol. The minimum absolute atomic E-state index is 0.0170. The largest absolute Gasteiger partial charge is 0.354 e. The summed E-state index contributed by atoms with van der Waals surface area (Å²) in [5.74, 6) is 0.761. The van der Waals surface area contributed by atoms with Gasteiger partial charge in [0.05, 0.1) is 6.54 Å². The van der Waals surface area contributed by atoms with Crippen LogP contribution in [-0.2, 0) is 23.3 Å². The summed E-state index contributed by atoms with van der Waals surface area (Å²) in [5, 5.41) is 15.2. The average molecular weight is 397 g/mol. The quantitative estimate of drug-likeness (QED) is 0.779. The minimum Gasteiger partial charge on any atom is -0.354 e. The minimum atomic E-state index is -0.0170. The summed E-state index contributed by atoms with van der Waals surface area (Å²) >= 11 is 0. The zero-order chi connectivity index (χ0) is 19.9. The van der Waals surface area contributed by atoms with E-state index in [1.807, 2.05) is 6.07 Å². The van der Waals surface area contributed by atoms with Crippen LogP contribution in [0, 0.1) is 0 Å². The molecule has 2 fully saturated rings. The Kier molecular flexibility index (Phi) is 6.54. The van der Waals surface area contributed by atoms with E-state index in [1.165, 1.54) is 44.1 Å². The van der Waals surface area contributed by atoms with Crippen molar-refractivity contribution < 1.29 is 4.79 Å². The summed E-state index contributed by atoms with van der Waals surface area (Å²) in [5.41, 5.74) is 1.40. The number of benzene rings is 1. The third-order valence-electron chi connectivity index (χ3n) is 6.53. The number of likely N-dealkylation sites (tertiary alicyclic amines) is 1. The van der Waals surface area contributed by atoms with Gasteiger partial charge in [0, 0.05) is 12.0 Å². The van der Waals surface area contributed by atoms with Crippen LogP contribution in [0.15, 0.2) is 30.3 Å². The van der Waals surface area contributed by atoms with E-state index < -0.39 is 0 Å². The highest BCUT2D eigenvalue weighted by Crippen LogP contribution is 2.40. The molecule has 1 saturated heterocycles. The normalized spacial score (nSPS) is 19.7. The molecular formula is C22H32N6O. The molecule has 0 bridgehead atoms. The maximum atomic E-state index is 12.7. The van der Waals surface area contributed by atoms with E-state index in [0.29, 0.717) is 13.1 Å². The lowest BCUT2D eigenvalue weighted by Gasteiger charge is -2.30. The fourth-order valence-electron chi connectivity index (χ4n) is 4.82. The fourth-order valence-corrected chi connectivity index (χ4v) is 4.82. The van der Waals surface area contributed by atoms with Gasteiger partial charge in [-0.15, -0.1) is 5.10 Å². The second-order valence-electron chi connectivity index (χ2n) is 8.57. The lowest BCUT2D eigenvalue weighted by Crippen LogP contribution is -2.40. The van der Waals surface area contributed by atoms with Gasteiger partial charge < -0.3 is 5.32 Å². The molecule has 29 heavy (non-hydrogen) atoms. The predicted molar refractivity (Wildman–Crippen MR) is 111 cm³/mol. The van der Waals surface area contributed by atoms with Crippen molar-refractivity contribution in [3.63, 3.8) is 0 Å². The Balaban J connectivity index is 1.35. The molecule has 0 radical (unpaired) electrons. The maximum absolute atomic E-state index is 12.7. The molecule has 7 nitrogen and oxygen atoms in total. The SMILES string of the molecule is O=C(Cn1nnnc1CN1CCCCCC1)NCC1(c2ccccc2)CCCC1. The number of carbonyl (C=O) groups excluding carboxylic acids is 1. The Morgan fingerprint density at radius 3 is 2.45 bits per heavy atom. The summed E-state index contributed by atoms with van der Waals surface area (Å²) < 4.78 is 1.66. The second kappa shape index (κ2) is 9.48. The fraction of sp³-hybridized carbons (Fsp3) is 0.636. The molecule has 1 aromatic heterocycles. The van der Waals surface area contributed by atoms with E-state index in [2.05, 4.69) is 50.0 Å². The molecular weight excluding hydrogens is 364 g/mol. The number of nitrogens with one attached hydrogen (secondary N) is 1. The molecule has 2 aromatic rings. The smallest absolute Gasteiger partial charge is 0.241 e. The number of tetrazole rings is 1. The van der Waals surface area contributed by atoms with E-state index in [9.17, 15) is 4.79 Å². The third kappa shape index (κ3) is 5.01. The highest BCUT2D eigenvalue weighted by molar-refractivity contribution is 5.75. The van der Waals surface area contributed by atoms with Gasteiger partial charge in [0.25, 0.3) is 0 Å². The zero-order valence-corrected chi connectivity index (χ0v) is 17.2. The zero-order valence-electron chi connectivity index (χ0n) is 17.2. The van der Waals surface area contributed by atoms with E-state index in [1.54, 1.807) is 4.68 Å². The first-order valence-electron chi connectivity index (χ1n) is 11.0. The first kappa shape index (κ1) is 20.0. The Morgan fingerprint density at radius 1 is 1.00 bits per heavy atom. The van der Waals surface area contributed by atoms with Crippen molar-refractivity contribution in [2.24, 2.45) is 0 Å². The van der Waals surface area contributed by atoms with Crippen LogP contribution in [-0.4, -0.2) is 50.6 Å². The molecule has 0 spiro atoms. The summed E-state index contributed by atoms with van der Waals surface area (Å²) in [6.07, 6.45) is 9.74. The maximum Gasteiger partial charge on any atom is 0.241 e. The summed E-state index contributed by atoms with van der Waals surface area (Å²) in [6.45, 7) is 3.74. The highest BCUT2D eigenvalue weighted by atomic mass is 16.2. The van der Waals surface area contributed by atoms with Gasteiger partial charge in [-0.2, -0.15) is 0 Å². The Hall–Kier alpha value is -2.28. The van der Waals surface area contributed by atoms with Crippen LogP contribution in [0.5, 0.6) is 0 Å². The standard InChI is InChI=1S/C22H32N6O/c29-21(23-18-22(12-6-7-13-22)19-10-4-3-5-11-19)17-28-20(24-25-26-28)16-27-14-8-1-2-9-15-27/h3-5,10-11H,1-2,6-9,12-18H2,(H,23,29). The van der Waals surface area contributed by atoms with Gasteiger partial charge in [-0.1, -0.05) is 56.0 Å². The van der Waals surface area contributed by atoms with E-state index in [-0.39, 0.29) is 17.9 Å². The van der Waals surface area contributed by atoms with Gasteiger partial charge in [0.1, 0.15) is 6.54 Å². The van der Waals surface area contributed by atoms with Gasteiger partial charge in [0.2, 0.25) is 5.91 Å².